The minimum absolute atomic E-state index is 0.00503. The number of fused-ring (bicyclic) bond motifs is 1. The second-order valence-corrected chi connectivity index (χ2v) is 7.80. The van der Waals surface area contributed by atoms with Crippen molar-refractivity contribution in [2.24, 2.45) is 0 Å². The van der Waals surface area contributed by atoms with E-state index in [0.717, 1.165) is 34.6 Å². The molecule has 2 aromatic heterocycles. The van der Waals surface area contributed by atoms with Crippen LogP contribution >= 0.6 is 11.3 Å². The van der Waals surface area contributed by atoms with Crippen LogP contribution in [0.15, 0.2) is 30.5 Å². The van der Waals surface area contributed by atoms with Crippen LogP contribution in [0.4, 0.5) is 5.95 Å². The topological polar surface area (TPSA) is 62.2 Å². The van der Waals surface area contributed by atoms with Crippen LogP contribution in [0.25, 0.3) is 10.2 Å². The zero-order valence-electron chi connectivity index (χ0n) is 15.1. The molecule has 0 bridgehead atoms. The van der Waals surface area contributed by atoms with Crippen LogP contribution in [-0.2, 0) is 0 Å². The van der Waals surface area contributed by atoms with Gasteiger partial charge in [-0.2, -0.15) is 0 Å². The summed E-state index contributed by atoms with van der Waals surface area (Å²) >= 11 is 1.68. The number of hydrogen-bond acceptors (Lipinski definition) is 6. The van der Waals surface area contributed by atoms with Gasteiger partial charge in [-0.3, -0.25) is 4.79 Å². The number of carbonyl (C=O) groups is 1. The van der Waals surface area contributed by atoms with Crippen molar-refractivity contribution in [2.45, 2.75) is 25.8 Å². The summed E-state index contributed by atoms with van der Waals surface area (Å²) < 4.78 is 1.16. The fourth-order valence-electron chi connectivity index (χ4n) is 3.33. The number of likely N-dealkylation sites (tertiary alicyclic amines) is 1. The number of aromatic nitrogens is 3. The molecule has 1 saturated heterocycles. The molecular weight excluding hydrogens is 346 g/mol. The van der Waals surface area contributed by atoms with Gasteiger partial charge < -0.3 is 9.80 Å². The Labute approximate surface area is 156 Å². The van der Waals surface area contributed by atoms with Gasteiger partial charge in [-0.1, -0.05) is 12.1 Å². The smallest absolute Gasteiger partial charge is 0.257 e. The van der Waals surface area contributed by atoms with Crippen LogP contribution in [0.3, 0.4) is 0 Å². The van der Waals surface area contributed by atoms with Gasteiger partial charge in [-0.05, 0) is 31.9 Å². The van der Waals surface area contributed by atoms with Crippen molar-refractivity contribution in [2.75, 3.05) is 25.5 Å². The molecule has 1 aliphatic rings. The predicted molar refractivity (Wildman–Crippen MR) is 104 cm³/mol. The molecule has 3 heterocycles. The first-order valence-corrected chi connectivity index (χ1v) is 9.53. The van der Waals surface area contributed by atoms with Gasteiger partial charge in [0.25, 0.3) is 5.91 Å². The van der Waals surface area contributed by atoms with Crippen molar-refractivity contribution in [3.05, 3.63) is 46.7 Å². The highest BCUT2D eigenvalue weighted by Gasteiger charge is 2.33. The summed E-state index contributed by atoms with van der Waals surface area (Å²) in [6, 6.07) is 8.16. The summed E-state index contributed by atoms with van der Waals surface area (Å²) in [5, 5.41) is 1.01. The van der Waals surface area contributed by atoms with Crippen molar-refractivity contribution in [1.82, 2.24) is 19.9 Å². The zero-order valence-corrected chi connectivity index (χ0v) is 16.0. The number of anilines is 1. The lowest BCUT2D eigenvalue weighted by atomic mass is 10.2. The maximum Gasteiger partial charge on any atom is 0.257 e. The fraction of sp³-hybridized carbons (Fsp3) is 0.368. The summed E-state index contributed by atoms with van der Waals surface area (Å²) in [5.74, 6) is 0.609. The molecule has 1 fully saturated rings. The molecule has 7 heteroatoms. The second-order valence-electron chi connectivity index (χ2n) is 6.74. The van der Waals surface area contributed by atoms with E-state index in [1.165, 1.54) is 0 Å². The van der Waals surface area contributed by atoms with Gasteiger partial charge in [-0.15, -0.1) is 11.3 Å². The summed E-state index contributed by atoms with van der Waals surface area (Å²) in [7, 11) is 3.78. The summed E-state index contributed by atoms with van der Waals surface area (Å²) in [4.78, 5) is 30.5. The fourth-order valence-corrected chi connectivity index (χ4v) is 4.45. The van der Waals surface area contributed by atoms with Crippen molar-refractivity contribution in [3.63, 3.8) is 0 Å². The van der Waals surface area contributed by atoms with Gasteiger partial charge in [0.15, 0.2) is 0 Å². The average molecular weight is 367 g/mol. The first kappa shape index (κ1) is 16.9. The van der Waals surface area contributed by atoms with Crippen LogP contribution in [0.1, 0.15) is 39.9 Å². The van der Waals surface area contributed by atoms with Crippen molar-refractivity contribution < 1.29 is 4.79 Å². The van der Waals surface area contributed by atoms with E-state index in [1.807, 2.05) is 49.0 Å². The molecule has 1 unspecified atom stereocenters. The quantitative estimate of drug-likeness (QED) is 0.710. The van der Waals surface area contributed by atoms with Crippen LogP contribution in [0.2, 0.25) is 0 Å². The molecule has 0 spiro atoms. The largest absolute Gasteiger partial charge is 0.347 e. The molecule has 0 saturated carbocycles. The first-order valence-electron chi connectivity index (χ1n) is 8.72. The van der Waals surface area contributed by atoms with E-state index >= 15 is 0 Å². The van der Waals surface area contributed by atoms with Crippen LogP contribution in [-0.4, -0.2) is 46.4 Å². The Kier molecular flexibility index (Phi) is 4.32. The Morgan fingerprint density at radius 1 is 1.27 bits per heavy atom. The van der Waals surface area contributed by atoms with Gasteiger partial charge in [0.2, 0.25) is 5.95 Å². The van der Waals surface area contributed by atoms with Crippen LogP contribution < -0.4 is 4.90 Å². The number of thiazole rings is 1. The SMILES string of the molecule is Cc1nc(N(C)C)ncc1C(=O)N1CCCC1c1nc2ccccc2s1. The number of para-hydroxylation sites is 1. The van der Waals surface area contributed by atoms with E-state index in [2.05, 4.69) is 16.0 Å². The van der Waals surface area contributed by atoms with E-state index < -0.39 is 0 Å². The summed E-state index contributed by atoms with van der Waals surface area (Å²) in [5.41, 5.74) is 2.29. The van der Waals surface area contributed by atoms with Gasteiger partial charge in [0.1, 0.15) is 5.01 Å². The maximum absolute atomic E-state index is 13.2. The summed E-state index contributed by atoms with van der Waals surface area (Å²) in [6.45, 7) is 2.61. The van der Waals surface area contributed by atoms with E-state index in [-0.39, 0.29) is 11.9 Å². The normalized spacial score (nSPS) is 17.0. The van der Waals surface area contributed by atoms with Gasteiger partial charge in [0.05, 0.1) is 27.5 Å². The molecule has 3 aromatic rings. The lowest BCUT2D eigenvalue weighted by Gasteiger charge is -2.24. The Morgan fingerprint density at radius 2 is 2.08 bits per heavy atom. The molecule has 4 rings (SSSR count). The standard InChI is InChI=1S/C19H21N5OS/c1-12-13(11-20-19(21-12)23(2)3)18(25)24-10-6-8-15(24)17-22-14-7-4-5-9-16(14)26-17/h4-5,7,9,11,15H,6,8,10H2,1-3H3. The number of nitrogens with zero attached hydrogens (tertiary/aromatic N) is 5. The average Bonchev–Trinajstić information content (AvgIpc) is 3.27. The van der Waals surface area contributed by atoms with Crippen LogP contribution in [0, 0.1) is 6.92 Å². The Morgan fingerprint density at radius 3 is 2.81 bits per heavy atom. The van der Waals surface area contributed by atoms with E-state index in [9.17, 15) is 4.79 Å². The number of benzene rings is 1. The van der Waals surface area contributed by atoms with E-state index in [0.29, 0.717) is 17.2 Å². The minimum atomic E-state index is -0.00503. The Hall–Kier alpha value is -2.54. The Balaban J connectivity index is 1.64. The molecule has 0 radical (unpaired) electrons. The highest BCUT2D eigenvalue weighted by molar-refractivity contribution is 7.18. The minimum Gasteiger partial charge on any atom is -0.347 e. The molecule has 0 N–H and O–H groups in total. The maximum atomic E-state index is 13.2. The highest BCUT2D eigenvalue weighted by atomic mass is 32.1. The van der Waals surface area contributed by atoms with Gasteiger partial charge in [-0.25, -0.2) is 15.0 Å². The molecule has 26 heavy (non-hydrogen) atoms. The molecule has 6 nitrogen and oxygen atoms in total. The molecular formula is C19H21N5OS. The predicted octanol–water partition coefficient (Wildman–Crippen LogP) is 3.44. The monoisotopic (exact) mass is 367 g/mol. The number of hydrogen-bond donors (Lipinski definition) is 0. The number of aryl methyl sites for hydroxylation is 1. The van der Waals surface area contributed by atoms with E-state index in [4.69, 9.17) is 4.98 Å². The summed E-state index contributed by atoms with van der Waals surface area (Å²) in [6.07, 6.45) is 3.58. The van der Waals surface area contributed by atoms with Crippen LogP contribution in [0.5, 0.6) is 0 Å². The molecule has 1 atom stereocenters. The molecule has 1 aromatic carbocycles. The third-order valence-corrected chi connectivity index (χ3v) is 5.84. The first-order chi connectivity index (χ1) is 12.5. The zero-order chi connectivity index (χ0) is 18.3. The van der Waals surface area contributed by atoms with Gasteiger partial charge in [0, 0.05) is 26.8 Å². The van der Waals surface area contributed by atoms with E-state index in [1.54, 1.807) is 17.5 Å². The molecule has 134 valence electrons. The molecule has 0 aliphatic carbocycles. The third-order valence-electron chi connectivity index (χ3n) is 4.71. The Bertz CT molecular complexity index is 934. The number of rotatable bonds is 3. The van der Waals surface area contributed by atoms with Crippen molar-refractivity contribution in [1.29, 1.82) is 0 Å². The molecule has 1 amide bonds. The highest BCUT2D eigenvalue weighted by Crippen LogP contribution is 2.37. The lowest BCUT2D eigenvalue weighted by Crippen LogP contribution is -2.31. The van der Waals surface area contributed by atoms with Crippen molar-refractivity contribution >= 4 is 33.4 Å². The second kappa shape index (κ2) is 6.64. The molecule has 1 aliphatic heterocycles. The lowest BCUT2D eigenvalue weighted by molar-refractivity contribution is 0.0734. The van der Waals surface area contributed by atoms with Gasteiger partial charge >= 0.3 is 0 Å². The number of carbonyl (C=O) groups excluding carboxylic acids is 1. The number of amides is 1. The third kappa shape index (κ3) is 2.92. The van der Waals surface area contributed by atoms with Crippen molar-refractivity contribution in [3.8, 4) is 0 Å².